The van der Waals surface area contributed by atoms with Gasteiger partial charge >= 0.3 is 18.0 Å². The molecule has 4 aromatic rings. The SMILES string of the molecule is C[C@@H](C(c1ccccc1)c1ccccc1)[C@]1(C(=O)O)[C@@H](C(=O)O)N(Cc2ccccc2)C(=O)N1Cc1ccccc1. The van der Waals surface area contributed by atoms with Crippen molar-refractivity contribution < 1.29 is 24.6 Å². The van der Waals surface area contributed by atoms with E-state index in [-0.39, 0.29) is 13.1 Å². The van der Waals surface area contributed by atoms with Crippen LogP contribution < -0.4 is 0 Å². The first-order valence-electron chi connectivity index (χ1n) is 13.6. The van der Waals surface area contributed by atoms with Crippen LogP contribution in [0, 0.1) is 5.92 Å². The van der Waals surface area contributed by atoms with Crippen molar-refractivity contribution in [1.82, 2.24) is 9.80 Å². The Morgan fingerprint density at radius 1 is 0.707 bits per heavy atom. The fourth-order valence-corrected chi connectivity index (χ4v) is 6.30. The zero-order valence-electron chi connectivity index (χ0n) is 22.7. The number of rotatable bonds is 10. The molecule has 4 aromatic carbocycles. The summed E-state index contributed by atoms with van der Waals surface area (Å²) in [6, 6.07) is 34.8. The first-order valence-corrected chi connectivity index (χ1v) is 13.6. The van der Waals surface area contributed by atoms with Gasteiger partial charge in [-0.3, -0.25) is 0 Å². The molecule has 0 aromatic heterocycles. The minimum atomic E-state index is -2.11. The van der Waals surface area contributed by atoms with Crippen molar-refractivity contribution in [2.45, 2.75) is 37.5 Å². The quantitative estimate of drug-likeness (QED) is 0.258. The zero-order valence-corrected chi connectivity index (χ0v) is 22.7. The van der Waals surface area contributed by atoms with Crippen molar-refractivity contribution >= 4 is 18.0 Å². The number of carboxylic acid groups (broad SMARTS) is 2. The highest BCUT2D eigenvalue weighted by atomic mass is 16.4. The van der Waals surface area contributed by atoms with Crippen LogP contribution in [0.5, 0.6) is 0 Å². The molecule has 3 atom stereocenters. The lowest BCUT2D eigenvalue weighted by atomic mass is 9.67. The van der Waals surface area contributed by atoms with E-state index in [9.17, 15) is 24.6 Å². The average molecular weight is 549 g/mol. The van der Waals surface area contributed by atoms with E-state index in [4.69, 9.17) is 0 Å². The highest BCUT2D eigenvalue weighted by Gasteiger charge is 2.68. The van der Waals surface area contributed by atoms with E-state index in [1.54, 1.807) is 31.2 Å². The average Bonchev–Trinajstić information content (AvgIpc) is 3.23. The van der Waals surface area contributed by atoms with Gasteiger partial charge in [0.05, 0.1) is 0 Å². The Balaban J connectivity index is 1.74. The van der Waals surface area contributed by atoms with Crippen LogP contribution in [-0.2, 0) is 22.7 Å². The van der Waals surface area contributed by atoms with Crippen molar-refractivity contribution in [3.63, 3.8) is 0 Å². The third-order valence-corrected chi connectivity index (χ3v) is 8.12. The molecule has 1 aliphatic heterocycles. The van der Waals surface area contributed by atoms with Gasteiger partial charge in [0.2, 0.25) is 0 Å². The summed E-state index contributed by atoms with van der Waals surface area (Å²) < 4.78 is 0. The maximum atomic E-state index is 14.3. The molecule has 208 valence electrons. The number of carboxylic acids is 2. The van der Waals surface area contributed by atoms with Crippen molar-refractivity contribution in [2.24, 2.45) is 5.92 Å². The summed E-state index contributed by atoms with van der Waals surface area (Å²) in [6.07, 6.45) is 0. The lowest BCUT2D eigenvalue weighted by Crippen LogP contribution is -2.65. The van der Waals surface area contributed by atoms with E-state index in [0.717, 1.165) is 11.1 Å². The van der Waals surface area contributed by atoms with Gasteiger partial charge in [0.15, 0.2) is 11.6 Å². The fourth-order valence-electron chi connectivity index (χ4n) is 6.30. The summed E-state index contributed by atoms with van der Waals surface area (Å²) in [5.74, 6) is -4.08. The molecule has 2 amide bonds. The summed E-state index contributed by atoms with van der Waals surface area (Å²) in [5, 5.41) is 21.9. The molecule has 1 heterocycles. The van der Waals surface area contributed by atoms with Gasteiger partial charge in [-0.25, -0.2) is 14.4 Å². The molecule has 0 radical (unpaired) electrons. The van der Waals surface area contributed by atoms with E-state index < -0.39 is 41.4 Å². The third kappa shape index (κ3) is 5.07. The number of benzene rings is 4. The van der Waals surface area contributed by atoms with Crippen LogP contribution in [0.4, 0.5) is 4.79 Å². The molecule has 1 saturated heterocycles. The standard InChI is InChI=1S/C34H32N2O5/c1-24(29(27-18-10-4-11-19-27)28-20-12-5-13-21-28)34(32(39)40)30(31(37)38)35(22-25-14-6-2-7-15-25)33(41)36(34)23-26-16-8-3-9-17-26/h2-21,24,29-30H,22-23H2,1H3,(H,37,38)(H,39,40)/t24-,30+,34+/m0/s1. The maximum absolute atomic E-state index is 14.3. The minimum Gasteiger partial charge on any atom is -0.480 e. The first kappa shape index (κ1) is 27.6. The second-order valence-electron chi connectivity index (χ2n) is 10.4. The number of carbonyl (C=O) groups excluding carboxylic acids is 1. The van der Waals surface area contributed by atoms with Crippen LogP contribution in [0.1, 0.15) is 35.1 Å². The van der Waals surface area contributed by atoms with Crippen LogP contribution in [0.15, 0.2) is 121 Å². The van der Waals surface area contributed by atoms with Gasteiger partial charge in [-0.15, -0.1) is 0 Å². The normalized spacial score (nSPS) is 19.4. The van der Waals surface area contributed by atoms with Crippen molar-refractivity contribution in [2.75, 3.05) is 0 Å². The fraction of sp³-hybridized carbons (Fsp3) is 0.206. The zero-order chi connectivity index (χ0) is 29.0. The van der Waals surface area contributed by atoms with Crippen LogP contribution in [0.3, 0.4) is 0 Å². The Labute approximate surface area is 239 Å². The van der Waals surface area contributed by atoms with Crippen LogP contribution in [-0.4, -0.2) is 49.6 Å². The second-order valence-corrected chi connectivity index (χ2v) is 10.4. The van der Waals surface area contributed by atoms with E-state index in [1.807, 2.05) is 97.1 Å². The molecular formula is C34H32N2O5. The number of nitrogens with zero attached hydrogens (tertiary/aromatic N) is 2. The largest absolute Gasteiger partial charge is 0.480 e. The molecule has 41 heavy (non-hydrogen) atoms. The topological polar surface area (TPSA) is 98.1 Å². The van der Waals surface area contributed by atoms with Gasteiger partial charge < -0.3 is 20.0 Å². The highest BCUT2D eigenvalue weighted by Crippen LogP contribution is 2.48. The summed E-state index contributed by atoms with van der Waals surface area (Å²) in [6.45, 7) is 1.67. The van der Waals surface area contributed by atoms with Crippen LogP contribution in [0.2, 0.25) is 0 Å². The Hall–Kier alpha value is -4.91. The number of hydrogen-bond acceptors (Lipinski definition) is 3. The smallest absolute Gasteiger partial charge is 0.332 e. The second kappa shape index (κ2) is 11.7. The summed E-state index contributed by atoms with van der Waals surface area (Å²) in [7, 11) is 0. The number of hydrogen-bond donors (Lipinski definition) is 2. The monoisotopic (exact) mass is 548 g/mol. The number of aliphatic carboxylic acids is 2. The third-order valence-electron chi connectivity index (χ3n) is 8.12. The minimum absolute atomic E-state index is 0.0367. The van der Waals surface area contributed by atoms with Gasteiger partial charge in [0, 0.05) is 24.9 Å². The van der Waals surface area contributed by atoms with Crippen molar-refractivity contribution in [3.05, 3.63) is 144 Å². The first-order chi connectivity index (χ1) is 19.9. The van der Waals surface area contributed by atoms with E-state index in [1.165, 1.54) is 9.80 Å². The van der Waals surface area contributed by atoms with Gasteiger partial charge in [-0.1, -0.05) is 128 Å². The lowest BCUT2D eigenvalue weighted by molar-refractivity contribution is -0.163. The highest BCUT2D eigenvalue weighted by molar-refractivity contribution is 5.99. The van der Waals surface area contributed by atoms with E-state index in [2.05, 4.69) is 0 Å². The molecule has 7 heteroatoms. The molecular weight excluding hydrogens is 516 g/mol. The molecule has 2 N–H and O–H groups in total. The molecule has 0 unspecified atom stereocenters. The number of amides is 2. The molecule has 0 spiro atoms. The Morgan fingerprint density at radius 3 is 1.54 bits per heavy atom. The molecule has 5 rings (SSSR count). The van der Waals surface area contributed by atoms with E-state index >= 15 is 0 Å². The van der Waals surface area contributed by atoms with Gasteiger partial charge in [0.1, 0.15) is 0 Å². The van der Waals surface area contributed by atoms with E-state index in [0.29, 0.717) is 11.1 Å². The van der Waals surface area contributed by atoms with Crippen molar-refractivity contribution in [1.29, 1.82) is 0 Å². The number of urea groups is 1. The summed E-state index contributed by atoms with van der Waals surface area (Å²) >= 11 is 0. The summed E-state index contributed by atoms with van der Waals surface area (Å²) in [5.41, 5.74) is 0.988. The Bertz CT molecular complexity index is 1460. The molecule has 7 nitrogen and oxygen atoms in total. The maximum Gasteiger partial charge on any atom is 0.332 e. The van der Waals surface area contributed by atoms with Gasteiger partial charge in [0.25, 0.3) is 0 Å². The van der Waals surface area contributed by atoms with Crippen LogP contribution in [0.25, 0.3) is 0 Å². The summed E-state index contributed by atoms with van der Waals surface area (Å²) in [4.78, 5) is 43.6. The van der Waals surface area contributed by atoms with Gasteiger partial charge in [-0.05, 0) is 22.3 Å². The lowest BCUT2D eigenvalue weighted by Gasteiger charge is -2.44. The molecule has 0 bridgehead atoms. The molecule has 0 saturated carbocycles. The predicted octanol–water partition coefficient (Wildman–Crippen LogP) is 5.87. The Morgan fingerprint density at radius 2 is 1.12 bits per heavy atom. The number of carbonyl (C=O) groups is 3. The molecule has 1 fully saturated rings. The Kier molecular flexibility index (Phi) is 7.88. The molecule has 1 aliphatic rings. The van der Waals surface area contributed by atoms with Crippen molar-refractivity contribution in [3.8, 4) is 0 Å². The predicted molar refractivity (Wildman–Crippen MR) is 155 cm³/mol. The molecule has 0 aliphatic carbocycles. The van der Waals surface area contributed by atoms with Gasteiger partial charge in [-0.2, -0.15) is 0 Å². The van der Waals surface area contributed by atoms with Crippen LogP contribution >= 0.6 is 0 Å².